The number of methoxy groups -OCH3 is 2. The second kappa shape index (κ2) is 19.4. The minimum Gasteiger partial charge on any atom is -0.495 e. The summed E-state index contributed by atoms with van der Waals surface area (Å²) in [5.74, 6) is 1.66. The quantitative estimate of drug-likeness (QED) is 0.104. The van der Waals surface area contributed by atoms with Crippen molar-refractivity contribution in [1.82, 2.24) is 4.90 Å². The lowest BCUT2D eigenvalue weighted by Crippen LogP contribution is -2.55. The number of halogens is 2. The maximum absolute atomic E-state index is 13.5. The molecule has 0 radical (unpaired) electrons. The highest BCUT2D eigenvalue weighted by Crippen LogP contribution is 2.36. The summed E-state index contributed by atoms with van der Waals surface area (Å²) in [6.07, 6.45) is -0.603. The van der Waals surface area contributed by atoms with Crippen molar-refractivity contribution in [2.24, 2.45) is 0 Å². The molecule has 3 atom stereocenters. The number of rotatable bonds is 16. The van der Waals surface area contributed by atoms with Crippen molar-refractivity contribution in [3.63, 3.8) is 0 Å². The molecule has 284 valence electrons. The number of piperidine rings is 1. The van der Waals surface area contributed by atoms with Gasteiger partial charge in [-0.15, -0.1) is 0 Å². The Morgan fingerprint density at radius 2 is 1.28 bits per heavy atom. The number of amides is 1. The minimum absolute atomic E-state index is 0.251. The average Bonchev–Trinajstić information content (AvgIpc) is 3.14. The normalized spacial score (nSPS) is 17.3. The molecule has 0 spiro atoms. The molecule has 0 aromatic heterocycles. The molecule has 1 aliphatic heterocycles. The van der Waals surface area contributed by atoms with Gasteiger partial charge in [-0.3, -0.25) is 0 Å². The Balaban J connectivity index is 1.34. The molecule has 1 unspecified atom stereocenters. The van der Waals surface area contributed by atoms with Crippen LogP contribution in [-0.2, 0) is 38.8 Å². The predicted octanol–water partition coefficient (Wildman–Crippen LogP) is 9.50. The Labute approximate surface area is 322 Å². The van der Waals surface area contributed by atoms with E-state index in [-0.39, 0.29) is 19.1 Å². The first-order valence-corrected chi connectivity index (χ1v) is 18.5. The van der Waals surface area contributed by atoms with Crippen LogP contribution in [0.15, 0.2) is 91.0 Å². The highest BCUT2D eigenvalue weighted by Gasteiger charge is 2.42. The molecule has 4 aromatic carbocycles. The van der Waals surface area contributed by atoms with Crippen LogP contribution in [0.2, 0.25) is 10.0 Å². The summed E-state index contributed by atoms with van der Waals surface area (Å²) in [4.78, 5) is 15.2. The van der Waals surface area contributed by atoms with Crippen LogP contribution < -0.4 is 14.2 Å². The van der Waals surface area contributed by atoms with Gasteiger partial charge in [-0.05, 0) is 79.4 Å². The van der Waals surface area contributed by atoms with Crippen LogP contribution in [0.4, 0.5) is 4.79 Å². The molecule has 0 aliphatic carbocycles. The fourth-order valence-corrected chi connectivity index (χ4v) is 6.66. The Morgan fingerprint density at radius 3 is 1.79 bits per heavy atom. The third kappa shape index (κ3) is 12.0. The van der Waals surface area contributed by atoms with E-state index in [9.17, 15) is 4.79 Å². The highest BCUT2D eigenvalue weighted by molar-refractivity contribution is 6.32. The van der Waals surface area contributed by atoms with Gasteiger partial charge < -0.3 is 38.1 Å². The molecule has 4 aromatic rings. The third-order valence-electron chi connectivity index (χ3n) is 8.69. The topological polar surface area (TPSA) is 84.9 Å². The second-order valence-corrected chi connectivity index (χ2v) is 14.7. The Morgan fingerprint density at radius 1 is 0.717 bits per heavy atom. The number of benzene rings is 4. The monoisotopic (exact) mass is 765 g/mol. The molecule has 11 heteroatoms. The zero-order valence-corrected chi connectivity index (χ0v) is 32.5. The molecule has 1 fully saturated rings. The van der Waals surface area contributed by atoms with E-state index in [1.54, 1.807) is 19.1 Å². The smallest absolute Gasteiger partial charge is 0.410 e. The van der Waals surface area contributed by atoms with Crippen molar-refractivity contribution in [2.75, 3.05) is 40.5 Å². The van der Waals surface area contributed by atoms with Crippen molar-refractivity contribution >= 4 is 29.3 Å². The van der Waals surface area contributed by atoms with E-state index < -0.39 is 23.9 Å². The molecule has 1 amide bonds. The third-order valence-corrected chi connectivity index (χ3v) is 9.28. The van der Waals surface area contributed by atoms with Gasteiger partial charge in [0.05, 0.1) is 82.6 Å². The average molecular weight is 767 g/mol. The van der Waals surface area contributed by atoms with Gasteiger partial charge in [-0.25, -0.2) is 4.79 Å². The first-order valence-electron chi connectivity index (χ1n) is 17.7. The summed E-state index contributed by atoms with van der Waals surface area (Å²) in [5.41, 5.74) is 3.19. The van der Waals surface area contributed by atoms with Crippen LogP contribution >= 0.6 is 23.2 Å². The summed E-state index contributed by atoms with van der Waals surface area (Å²) >= 11 is 12.9. The van der Waals surface area contributed by atoms with Crippen molar-refractivity contribution < 1.29 is 38.0 Å². The first-order chi connectivity index (χ1) is 25.5. The lowest BCUT2D eigenvalue weighted by molar-refractivity contribution is -0.100. The molecular formula is C42H49Cl2NO8. The Hall–Kier alpha value is -3.99. The molecular weight excluding hydrogens is 717 g/mol. The first kappa shape index (κ1) is 40.2. The number of carbonyl (C=O) groups excluding carboxylic acids is 1. The minimum atomic E-state index is -0.676. The Kier molecular flexibility index (Phi) is 14.7. The number of likely N-dealkylation sites (tertiary alicyclic amines) is 1. The molecule has 53 heavy (non-hydrogen) atoms. The van der Waals surface area contributed by atoms with Crippen molar-refractivity contribution in [1.29, 1.82) is 0 Å². The largest absolute Gasteiger partial charge is 0.495 e. The van der Waals surface area contributed by atoms with Crippen LogP contribution in [0, 0.1) is 0 Å². The van der Waals surface area contributed by atoms with Crippen LogP contribution in [0.1, 0.15) is 55.4 Å². The van der Waals surface area contributed by atoms with Gasteiger partial charge in [-0.1, -0.05) is 77.8 Å². The predicted molar refractivity (Wildman–Crippen MR) is 206 cm³/mol. The number of hydrogen-bond acceptors (Lipinski definition) is 8. The molecule has 0 bridgehead atoms. The van der Waals surface area contributed by atoms with Crippen LogP contribution in [0.3, 0.4) is 0 Å². The summed E-state index contributed by atoms with van der Waals surface area (Å²) in [6.45, 7) is 8.33. The molecule has 1 aliphatic rings. The summed E-state index contributed by atoms with van der Waals surface area (Å²) in [7, 11) is 3.15. The molecule has 9 nitrogen and oxygen atoms in total. The number of nitrogens with zero attached hydrogens (tertiary/aromatic N) is 1. The van der Waals surface area contributed by atoms with E-state index in [0.29, 0.717) is 54.5 Å². The lowest BCUT2D eigenvalue weighted by atomic mass is 9.84. The van der Waals surface area contributed by atoms with Gasteiger partial charge in [0.2, 0.25) is 0 Å². The summed E-state index contributed by atoms with van der Waals surface area (Å²) in [6, 6.07) is 29.2. The van der Waals surface area contributed by atoms with Crippen molar-refractivity contribution in [3.05, 3.63) is 123 Å². The zero-order valence-electron chi connectivity index (χ0n) is 31.0. The highest BCUT2D eigenvalue weighted by atomic mass is 35.5. The van der Waals surface area contributed by atoms with E-state index in [4.69, 9.17) is 56.4 Å². The van der Waals surface area contributed by atoms with Crippen molar-refractivity contribution in [3.8, 4) is 17.2 Å². The summed E-state index contributed by atoms with van der Waals surface area (Å²) in [5, 5.41) is 0.976. The van der Waals surface area contributed by atoms with Crippen molar-refractivity contribution in [2.45, 2.75) is 70.7 Å². The lowest BCUT2D eigenvalue weighted by Gasteiger charge is -2.43. The maximum atomic E-state index is 13.5. The van der Waals surface area contributed by atoms with Crippen LogP contribution in [0.25, 0.3) is 0 Å². The number of ether oxygens (including phenoxy) is 7. The van der Waals surface area contributed by atoms with Gasteiger partial charge >= 0.3 is 6.09 Å². The van der Waals surface area contributed by atoms with Gasteiger partial charge in [0, 0.05) is 12.3 Å². The number of hydrogen-bond donors (Lipinski definition) is 0. The van der Waals surface area contributed by atoms with Gasteiger partial charge in [0.25, 0.3) is 0 Å². The fraction of sp³-hybridized carbons (Fsp3) is 0.405. The molecule has 0 N–H and O–H groups in total. The molecule has 1 heterocycles. The van der Waals surface area contributed by atoms with Gasteiger partial charge in [0.1, 0.15) is 22.8 Å². The van der Waals surface area contributed by atoms with E-state index in [2.05, 4.69) is 0 Å². The maximum Gasteiger partial charge on any atom is 0.410 e. The van der Waals surface area contributed by atoms with Crippen LogP contribution in [-0.4, -0.2) is 69.3 Å². The van der Waals surface area contributed by atoms with E-state index >= 15 is 0 Å². The molecule has 5 rings (SSSR count). The van der Waals surface area contributed by atoms with E-state index in [1.165, 1.54) is 0 Å². The van der Waals surface area contributed by atoms with Crippen LogP contribution in [0.5, 0.6) is 17.2 Å². The standard InChI is InChI=1S/C42H49Cl2NO8/c1-42(2,3)53-41(46)45-24-38(51-27-30-12-18-36(47-4)34(43)22-30)40(39(25-45)52-28-31-13-19-37(48-5)35(44)23-31)32-14-16-33(17-15-32)50-21-9-20-49-26-29-10-7-6-8-11-29/h6-8,10-19,22-23,38-40H,9,20-21,24-28H2,1-5H3/t38-,39+,40?. The SMILES string of the molecule is COc1ccc(CO[C@H]2CN(C(=O)OC(C)(C)C)C[C@@H](OCc3ccc(OC)c(Cl)c3)C2c2ccc(OCCCOCc3ccccc3)cc2)cc1Cl. The fourth-order valence-electron chi connectivity index (χ4n) is 6.10. The number of carbonyl (C=O) groups is 1. The van der Waals surface area contributed by atoms with Gasteiger partial charge in [0.15, 0.2) is 0 Å². The Bertz CT molecular complexity index is 1680. The van der Waals surface area contributed by atoms with E-state index in [1.807, 2.05) is 112 Å². The second-order valence-electron chi connectivity index (χ2n) is 13.9. The zero-order chi connectivity index (χ0) is 37.8. The molecule has 1 saturated heterocycles. The van der Waals surface area contributed by atoms with Gasteiger partial charge in [-0.2, -0.15) is 0 Å². The van der Waals surface area contributed by atoms with E-state index in [0.717, 1.165) is 34.4 Å². The molecule has 0 saturated carbocycles. The summed E-state index contributed by atoms with van der Waals surface area (Å²) < 4.78 is 41.7.